The molecular formula is C8H14O4S. The third kappa shape index (κ3) is 3.08. The first-order chi connectivity index (χ1) is 5.70. The van der Waals surface area contributed by atoms with Crippen LogP contribution in [0.2, 0.25) is 0 Å². The minimum Gasteiger partial charge on any atom is -0.297 e. The third-order valence-corrected chi connectivity index (χ3v) is 2.62. The summed E-state index contributed by atoms with van der Waals surface area (Å²) in [5.41, 5.74) is -0.133. The molecule has 1 atom stereocenters. The smallest absolute Gasteiger partial charge is 0.265 e. The summed E-state index contributed by atoms with van der Waals surface area (Å²) >= 11 is 0. The molecule has 1 aliphatic rings. The van der Waals surface area contributed by atoms with E-state index >= 15 is 0 Å². The zero-order chi connectivity index (χ0) is 10.3. The first kappa shape index (κ1) is 10.7. The molecule has 1 rings (SSSR count). The highest BCUT2D eigenvalue weighted by atomic mass is 32.2. The Morgan fingerprint density at radius 1 is 1.46 bits per heavy atom. The first-order valence-electron chi connectivity index (χ1n) is 4.11. The van der Waals surface area contributed by atoms with Crippen molar-refractivity contribution in [2.75, 3.05) is 6.26 Å². The van der Waals surface area contributed by atoms with Gasteiger partial charge in [-0.25, -0.2) is 0 Å². The van der Waals surface area contributed by atoms with E-state index in [4.69, 9.17) is 0 Å². The second-order valence-corrected chi connectivity index (χ2v) is 5.90. The summed E-state index contributed by atoms with van der Waals surface area (Å²) in [5.74, 6) is -0.115. The summed E-state index contributed by atoms with van der Waals surface area (Å²) in [6.07, 6.45) is 1.09. The quantitative estimate of drug-likeness (QED) is 0.625. The van der Waals surface area contributed by atoms with Gasteiger partial charge in [-0.2, -0.15) is 8.42 Å². The Bertz CT molecular complexity index is 315. The van der Waals surface area contributed by atoms with Crippen molar-refractivity contribution in [1.29, 1.82) is 0 Å². The zero-order valence-electron chi connectivity index (χ0n) is 8.03. The van der Waals surface area contributed by atoms with Crippen molar-refractivity contribution in [1.82, 2.24) is 0 Å². The molecule has 0 bridgehead atoms. The lowest BCUT2D eigenvalue weighted by atomic mass is 9.92. The highest BCUT2D eigenvalue weighted by Crippen LogP contribution is 2.36. The van der Waals surface area contributed by atoms with Crippen LogP contribution in [-0.4, -0.2) is 26.6 Å². The summed E-state index contributed by atoms with van der Waals surface area (Å²) in [4.78, 5) is 11.3. The monoisotopic (exact) mass is 206 g/mol. The largest absolute Gasteiger partial charge is 0.297 e. The molecule has 0 aliphatic heterocycles. The molecule has 0 N–H and O–H groups in total. The second-order valence-electron chi connectivity index (χ2n) is 4.30. The SMILES string of the molecule is CC1(C)CC(=O)C(OS(C)(=O)=O)C1. The van der Waals surface area contributed by atoms with Gasteiger partial charge in [-0.05, 0) is 11.8 Å². The number of rotatable bonds is 2. The van der Waals surface area contributed by atoms with Crippen LogP contribution < -0.4 is 0 Å². The third-order valence-electron chi connectivity index (χ3n) is 2.04. The van der Waals surface area contributed by atoms with Crippen LogP contribution in [0.15, 0.2) is 0 Å². The van der Waals surface area contributed by atoms with E-state index in [1.165, 1.54) is 0 Å². The number of carbonyl (C=O) groups excluding carboxylic acids is 1. The molecule has 0 amide bonds. The van der Waals surface area contributed by atoms with Crippen LogP contribution in [0.3, 0.4) is 0 Å². The first-order valence-corrected chi connectivity index (χ1v) is 5.92. The Kier molecular flexibility index (Phi) is 2.51. The van der Waals surface area contributed by atoms with Gasteiger partial charge in [0.25, 0.3) is 10.1 Å². The van der Waals surface area contributed by atoms with E-state index in [9.17, 15) is 13.2 Å². The van der Waals surface area contributed by atoms with Crippen molar-refractivity contribution in [3.8, 4) is 0 Å². The molecule has 0 aromatic carbocycles. The van der Waals surface area contributed by atoms with Crippen molar-refractivity contribution in [2.45, 2.75) is 32.8 Å². The van der Waals surface area contributed by atoms with Gasteiger partial charge in [-0.3, -0.25) is 8.98 Å². The average molecular weight is 206 g/mol. The number of ketones is 1. The molecular weight excluding hydrogens is 192 g/mol. The Morgan fingerprint density at radius 2 is 2.00 bits per heavy atom. The van der Waals surface area contributed by atoms with E-state index in [1.54, 1.807) is 0 Å². The van der Waals surface area contributed by atoms with E-state index in [-0.39, 0.29) is 11.2 Å². The van der Waals surface area contributed by atoms with Crippen LogP contribution in [0, 0.1) is 5.41 Å². The molecule has 0 heterocycles. The number of hydrogen-bond donors (Lipinski definition) is 0. The minimum absolute atomic E-state index is 0.115. The van der Waals surface area contributed by atoms with Crippen LogP contribution in [0.25, 0.3) is 0 Å². The summed E-state index contributed by atoms with van der Waals surface area (Å²) < 4.78 is 26.2. The predicted molar refractivity (Wildman–Crippen MR) is 47.7 cm³/mol. The minimum atomic E-state index is -3.51. The second kappa shape index (κ2) is 3.06. The summed E-state index contributed by atoms with van der Waals surface area (Å²) in [6, 6.07) is 0. The van der Waals surface area contributed by atoms with E-state index < -0.39 is 16.2 Å². The van der Waals surface area contributed by atoms with Crippen LogP contribution in [0.1, 0.15) is 26.7 Å². The molecule has 0 saturated heterocycles. The average Bonchev–Trinajstić information content (AvgIpc) is 2.00. The van der Waals surface area contributed by atoms with Gasteiger partial charge in [0.1, 0.15) is 6.10 Å². The molecule has 0 aromatic heterocycles. The Hall–Kier alpha value is -0.420. The molecule has 76 valence electrons. The number of Topliss-reactive ketones (excluding diaryl/α,β-unsaturated/α-hetero) is 1. The lowest BCUT2D eigenvalue weighted by Crippen LogP contribution is -2.21. The Morgan fingerprint density at radius 3 is 2.31 bits per heavy atom. The molecule has 0 spiro atoms. The van der Waals surface area contributed by atoms with Crippen molar-refractivity contribution in [3.05, 3.63) is 0 Å². The maximum absolute atomic E-state index is 11.3. The van der Waals surface area contributed by atoms with Crippen LogP contribution in [0.4, 0.5) is 0 Å². The fraction of sp³-hybridized carbons (Fsp3) is 0.875. The highest BCUT2D eigenvalue weighted by Gasteiger charge is 2.40. The van der Waals surface area contributed by atoms with Gasteiger partial charge < -0.3 is 0 Å². The van der Waals surface area contributed by atoms with Crippen LogP contribution in [-0.2, 0) is 19.1 Å². The molecule has 1 fully saturated rings. The maximum atomic E-state index is 11.3. The van der Waals surface area contributed by atoms with Gasteiger partial charge in [0.05, 0.1) is 6.26 Å². The summed E-state index contributed by atoms with van der Waals surface area (Å²) in [5, 5.41) is 0. The van der Waals surface area contributed by atoms with Gasteiger partial charge in [0.15, 0.2) is 5.78 Å². The van der Waals surface area contributed by atoms with E-state index in [2.05, 4.69) is 4.18 Å². The van der Waals surface area contributed by atoms with Gasteiger partial charge in [-0.1, -0.05) is 13.8 Å². The van der Waals surface area contributed by atoms with Gasteiger partial charge in [0, 0.05) is 6.42 Å². The van der Waals surface area contributed by atoms with Crippen molar-refractivity contribution in [3.63, 3.8) is 0 Å². The van der Waals surface area contributed by atoms with Crippen molar-refractivity contribution < 1.29 is 17.4 Å². The Labute approximate surface area is 78.4 Å². The standard InChI is InChI=1S/C8H14O4S/c1-8(2)4-6(9)7(5-8)12-13(3,10)11/h7H,4-5H2,1-3H3. The molecule has 4 nitrogen and oxygen atoms in total. The summed E-state index contributed by atoms with van der Waals surface area (Å²) in [7, 11) is -3.51. The molecule has 1 unspecified atom stereocenters. The normalized spacial score (nSPS) is 27.9. The van der Waals surface area contributed by atoms with Gasteiger partial charge >= 0.3 is 0 Å². The summed E-state index contributed by atoms with van der Waals surface area (Å²) in [6.45, 7) is 3.85. The molecule has 1 aliphatic carbocycles. The number of carbonyl (C=O) groups is 1. The van der Waals surface area contributed by atoms with Crippen LogP contribution in [0.5, 0.6) is 0 Å². The highest BCUT2D eigenvalue weighted by molar-refractivity contribution is 7.86. The van der Waals surface area contributed by atoms with E-state index in [0.29, 0.717) is 12.8 Å². The lowest BCUT2D eigenvalue weighted by Gasteiger charge is -2.14. The number of hydrogen-bond acceptors (Lipinski definition) is 4. The zero-order valence-corrected chi connectivity index (χ0v) is 8.85. The van der Waals surface area contributed by atoms with Crippen molar-refractivity contribution in [2.24, 2.45) is 5.41 Å². The molecule has 5 heteroatoms. The van der Waals surface area contributed by atoms with Gasteiger partial charge in [0.2, 0.25) is 0 Å². The van der Waals surface area contributed by atoms with E-state index in [0.717, 1.165) is 6.26 Å². The predicted octanol–water partition coefficient (Wildman–Crippen LogP) is 0.720. The molecule has 13 heavy (non-hydrogen) atoms. The lowest BCUT2D eigenvalue weighted by molar-refractivity contribution is -0.123. The fourth-order valence-corrected chi connectivity index (χ4v) is 2.17. The maximum Gasteiger partial charge on any atom is 0.265 e. The van der Waals surface area contributed by atoms with Gasteiger partial charge in [-0.15, -0.1) is 0 Å². The van der Waals surface area contributed by atoms with E-state index in [1.807, 2.05) is 13.8 Å². The topological polar surface area (TPSA) is 60.4 Å². The molecule has 0 radical (unpaired) electrons. The molecule has 1 saturated carbocycles. The van der Waals surface area contributed by atoms with Crippen molar-refractivity contribution >= 4 is 15.9 Å². The van der Waals surface area contributed by atoms with Crippen LogP contribution >= 0.6 is 0 Å². The fourth-order valence-electron chi connectivity index (χ4n) is 1.57. The Balaban J connectivity index is 2.70. The molecule has 0 aromatic rings.